The van der Waals surface area contributed by atoms with Crippen molar-refractivity contribution in [3.63, 3.8) is 0 Å². The lowest BCUT2D eigenvalue weighted by Crippen LogP contribution is -2.30. The zero-order valence-electron chi connectivity index (χ0n) is 14.4. The first-order valence-corrected chi connectivity index (χ1v) is 9.87. The number of aromatic hydroxyl groups is 1. The lowest BCUT2D eigenvalue weighted by Gasteiger charge is -2.04. The second-order valence-electron chi connectivity index (χ2n) is 5.98. The summed E-state index contributed by atoms with van der Waals surface area (Å²) >= 11 is 2.66. The van der Waals surface area contributed by atoms with Crippen LogP contribution in [-0.2, 0) is 11.8 Å². The summed E-state index contributed by atoms with van der Waals surface area (Å²) in [7, 11) is 1.70. The minimum absolute atomic E-state index is 0.0190. The van der Waals surface area contributed by atoms with Crippen molar-refractivity contribution in [2.45, 2.75) is 0 Å². The Hall–Kier alpha value is -3.24. The summed E-state index contributed by atoms with van der Waals surface area (Å²) in [5.41, 5.74) is 0.365. The van der Waals surface area contributed by atoms with Gasteiger partial charge in [-0.15, -0.1) is 11.3 Å². The van der Waals surface area contributed by atoms with Gasteiger partial charge in [0, 0.05) is 35.5 Å². The highest BCUT2D eigenvalue weighted by Gasteiger charge is 2.18. The highest BCUT2D eigenvalue weighted by molar-refractivity contribution is 7.13. The van der Waals surface area contributed by atoms with Crippen molar-refractivity contribution in [1.82, 2.24) is 9.55 Å². The van der Waals surface area contributed by atoms with Crippen LogP contribution in [0.1, 0.15) is 4.88 Å². The maximum absolute atomic E-state index is 12.5. The molecular weight excluding hydrogens is 400 g/mol. The number of benzene rings is 1. The Bertz CT molecular complexity index is 1330. The van der Waals surface area contributed by atoms with Gasteiger partial charge in [-0.25, -0.2) is 9.98 Å². The quantitative estimate of drug-likeness (QED) is 0.639. The number of nitrogens with zero attached hydrogens (tertiary/aromatic N) is 4. The Morgan fingerprint density at radius 1 is 1.32 bits per heavy atom. The van der Waals surface area contributed by atoms with Crippen LogP contribution in [0.15, 0.2) is 39.3 Å². The van der Waals surface area contributed by atoms with Crippen LogP contribution >= 0.6 is 22.7 Å². The van der Waals surface area contributed by atoms with E-state index in [1.807, 2.05) is 5.38 Å². The first-order valence-electron chi connectivity index (χ1n) is 8.17. The summed E-state index contributed by atoms with van der Waals surface area (Å²) in [6, 6.07) is 3.48. The summed E-state index contributed by atoms with van der Waals surface area (Å²) in [5, 5.41) is 14.2. The zero-order chi connectivity index (χ0) is 19.3. The average molecular weight is 412 g/mol. The molecule has 1 aromatic carbocycles. The molecule has 140 valence electrons. The van der Waals surface area contributed by atoms with Gasteiger partial charge >= 0.3 is 0 Å². The van der Waals surface area contributed by atoms with Crippen molar-refractivity contribution in [3.05, 3.63) is 49.5 Å². The van der Waals surface area contributed by atoms with Crippen molar-refractivity contribution >= 4 is 45.9 Å². The molecule has 2 aliphatic rings. The van der Waals surface area contributed by atoms with Crippen LogP contribution in [0.2, 0.25) is 0 Å². The Balaban J connectivity index is 1.61. The number of fused-ring (bicyclic) bond motifs is 2. The van der Waals surface area contributed by atoms with Crippen LogP contribution in [0.5, 0.6) is 17.4 Å². The molecule has 0 saturated carbocycles. The van der Waals surface area contributed by atoms with Crippen molar-refractivity contribution in [2.24, 2.45) is 17.0 Å². The van der Waals surface area contributed by atoms with Gasteiger partial charge in [-0.1, -0.05) is 11.3 Å². The summed E-state index contributed by atoms with van der Waals surface area (Å²) < 4.78 is 12.3. The standard InChI is InChI=1S/C18H12N4O4S2/c1-22-16(24)14(28-18(22)21-17-19-2-3-27-17)6-10-4-9-5-12-13(26-8-25-12)7-11(9)20-15(10)23/h2-7,24H,8H2,1H3/b10-6+,21-18+. The van der Waals surface area contributed by atoms with Gasteiger partial charge in [0.05, 0.1) is 10.2 Å². The second-order valence-corrected chi connectivity index (χ2v) is 7.87. The molecule has 0 atom stereocenters. The van der Waals surface area contributed by atoms with E-state index in [1.54, 1.807) is 42.1 Å². The molecule has 0 spiro atoms. The number of carbonyl (C=O) groups excluding carboxylic acids is 1. The molecule has 2 aromatic heterocycles. The SMILES string of the molecule is Cn1c(O)c(/C=C2\C=c3cc4c(cc3=NC2=O)OCO4)s/c1=N/c1nccs1. The van der Waals surface area contributed by atoms with E-state index < -0.39 is 0 Å². The predicted octanol–water partition coefficient (Wildman–Crippen LogP) is 1.23. The van der Waals surface area contributed by atoms with Gasteiger partial charge in [-0.2, -0.15) is 4.99 Å². The highest BCUT2D eigenvalue weighted by atomic mass is 32.1. The van der Waals surface area contributed by atoms with Crippen LogP contribution < -0.4 is 24.9 Å². The molecule has 28 heavy (non-hydrogen) atoms. The van der Waals surface area contributed by atoms with Crippen LogP contribution in [0.4, 0.5) is 5.13 Å². The van der Waals surface area contributed by atoms with Crippen molar-refractivity contribution < 1.29 is 19.4 Å². The molecule has 2 aliphatic heterocycles. The maximum atomic E-state index is 12.5. The van der Waals surface area contributed by atoms with Crippen molar-refractivity contribution in [1.29, 1.82) is 0 Å². The fourth-order valence-electron chi connectivity index (χ4n) is 2.82. The van der Waals surface area contributed by atoms with Gasteiger partial charge in [0.2, 0.25) is 17.8 Å². The highest BCUT2D eigenvalue weighted by Crippen LogP contribution is 2.29. The Labute approximate surface area is 165 Å². The Morgan fingerprint density at radius 2 is 2.14 bits per heavy atom. The molecule has 4 heterocycles. The summed E-state index contributed by atoms with van der Waals surface area (Å²) in [5.74, 6) is 0.826. The minimum atomic E-state index is -0.389. The molecule has 3 aromatic rings. The van der Waals surface area contributed by atoms with Gasteiger partial charge in [0.25, 0.3) is 5.91 Å². The van der Waals surface area contributed by atoms with Crippen LogP contribution in [0.3, 0.4) is 0 Å². The molecule has 0 bridgehead atoms. The van der Waals surface area contributed by atoms with E-state index in [0.29, 0.717) is 37.2 Å². The summed E-state index contributed by atoms with van der Waals surface area (Å²) in [6.07, 6.45) is 5.00. The summed E-state index contributed by atoms with van der Waals surface area (Å²) in [6.45, 7) is 0.153. The normalized spacial score (nSPS) is 16.8. The van der Waals surface area contributed by atoms with E-state index in [0.717, 1.165) is 5.22 Å². The van der Waals surface area contributed by atoms with E-state index in [4.69, 9.17) is 9.47 Å². The third kappa shape index (κ3) is 2.83. The number of amides is 1. The number of hydrogen-bond donors (Lipinski definition) is 1. The van der Waals surface area contributed by atoms with E-state index in [9.17, 15) is 9.90 Å². The van der Waals surface area contributed by atoms with E-state index in [-0.39, 0.29) is 18.6 Å². The van der Waals surface area contributed by atoms with E-state index in [2.05, 4.69) is 15.0 Å². The summed E-state index contributed by atoms with van der Waals surface area (Å²) in [4.78, 5) is 26.2. The molecule has 8 nitrogen and oxygen atoms in total. The molecule has 10 heteroatoms. The van der Waals surface area contributed by atoms with Gasteiger partial charge in [-0.3, -0.25) is 9.36 Å². The minimum Gasteiger partial charge on any atom is -0.493 e. The fraction of sp³-hybridized carbons (Fsp3) is 0.111. The number of ether oxygens (including phenoxy) is 2. The number of aromatic nitrogens is 2. The molecule has 5 rings (SSSR count). The monoisotopic (exact) mass is 412 g/mol. The number of hydrogen-bond acceptors (Lipinski definition) is 8. The lowest BCUT2D eigenvalue weighted by atomic mass is 10.1. The third-order valence-corrected chi connectivity index (χ3v) is 5.96. The maximum Gasteiger partial charge on any atom is 0.277 e. The van der Waals surface area contributed by atoms with Crippen LogP contribution in [-0.4, -0.2) is 27.4 Å². The lowest BCUT2D eigenvalue weighted by molar-refractivity contribution is -0.114. The Kier molecular flexibility index (Phi) is 3.88. The number of thiazole rings is 2. The van der Waals surface area contributed by atoms with Crippen molar-refractivity contribution in [2.75, 3.05) is 6.79 Å². The van der Waals surface area contributed by atoms with Gasteiger partial charge < -0.3 is 14.6 Å². The van der Waals surface area contributed by atoms with Crippen LogP contribution in [0.25, 0.3) is 12.2 Å². The molecule has 1 amide bonds. The third-order valence-electron chi connectivity index (χ3n) is 4.23. The fourth-order valence-corrected chi connectivity index (χ4v) is 4.35. The molecular formula is C18H12N4O4S2. The zero-order valence-corrected chi connectivity index (χ0v) is 16.1. The molecule has 0 unspecified atom stereocenters. The van der Waals surface area contributed by atoms with Gasteiger partial charge in [-0.05, 0) is 18.2 Å². The predicted molar refractivity (Wildman–Crippen MR) is 103 cm³/mol. The van der Waals surface area contributed by atoms with Crippen molar-refractivity contribution in [3.8, 4) is 17.4 Å². The molecule has 1 N–H and O–H groups in total. The molecule has 0 fully saturated rings. The smallest absolute Gasteiger partial charge is 0.277 e. The van der Waals surface area contributed by atoms with Crippen LogP contribution in [0, 0.1) is 0 Å². The largest absolute Gasteiger partial charge is 0.493 e. The van der Waals surface area contributed by atoms with Gasteiger partial charge in [0.15, 0.2) is 16.3 Å². The van der Waals surface area contributed by atoms with Gasteiger partial charge in [0.1, 0.15) is 0 Å². The first-order chi connectivity index (χ1) is 13.6. The van der Waals surface area contributed by atoms with E-state index >= 15 is 0 Å². The molecule has 0 radical (unpaired) electrons. The number of rotatable bonds is 2. The number of carbonyl (C=O) groups is 1. The topological polar surface area (TPSA) is 98.3 Å². The average Bonchev–Trinajstić information content (AvgIpc) is 3.40. The Morgan fingerprint density at radius 3 is 2.93 bits per heavy atom. The molecule has 0 saturated heterocycles. The first kappa shape index (κ1) is 16.9. The molecule has 0 aliphatic carbocycles. The van der Waals surface area contributed by atoms with E-state index in [1.165, 1.54) is 22.7 Å². The second kappa shape index (κ2) is 6.43.